The summed E-state index contributed by atoms with van der Waals surface area (Å²) in [5, 5.41) is 21.4. The van der Waals surface area contributed by atoms with Crippen LogP contribution < -0.4 is 5.73 Å². The molecule has 1 aromatic carbocycles. The van der Waals surface area contributed by atoms with E-state index in [4.69, 9.17) is 5.73 Å². The minimum Gasteiger partial charge on any atom is -0.386 e. The standard InChI is InChI=1S/C20H22F4N2O2/c1-18(2,27)14-9-15(19(28,10-25)12-7-8-12)26-17(16(14)21)11-3-5-13(6-4-11)20(22,23)24/h3-6,9,12,27-28H,7-8,10,25H2,1-2H3/t19-/m1/s1. The van der Waals surface area contributed by atoms with Crippen LogP contribution in [-0.2, 0) is 17.4 Å². The van der Waals surface area contributed by atoms with Gasteiger partial charge in [0.1, 0.15) is 11.3 Å². The number of nitrogens with zero attached hydrogens (tertiary/aromatic N) is 1. The molecule has 4 N–H and O–H groups in total. The van der Waals surface area contributed by atoms with E-state index < -0.39 is 28.8 Å². The van der Waals surface area contributed by atoms with Crippen molar-refractivity contribution in [1.29, 1.82) is 0 Å². The van der Waals surface area contributed by atoms with E-state index in [0.717, 1.165) is 37.1 Å². The van der Waals surface area contributed by atoms with Gasteiger partial charge in [-0.25, -0.2) is 9.37 Å². The monoisotopic (exact) mass is 398 g/mol. The Labute approximate surface area is 160 Å². The van der Waals surface area contributed by atoms with Gasteiger partial charge in [-0.05, 0) is 50.8 Å². The largest absolute Gasteiger partial charge is 0.416 e. The van der Waals surface area contributed by atoms with Crippen LogP contribution in [0.2, 0.25) is 0 Å². The molecule has 1 aromatic heterocycles. The van der Waals surface area contributed by atoms with Gasteiger partial charge in [0, 0.05) is 17.7 Å². The van der Waals surface area contributed by atoms with Gasteiger partial charge in [-0.3, -0.25) is 0 Å². The Bertz CT molecular complexity index is 872. The topological polar surface area (TPSA) is 79.4 Å². The van der Waals surface area contributed by atoms with Gasteiger partial charge in [-0.1, -0.05) is 12.1 Å². The summed E-state index contributed by atoms with van der Waals surface area (Å²) >= 11 is 0. The van der Waals surface area contributed by atoms with Crippen LogP contribution in [0.3, 0.4) is 0 Å². The van der Waals surface area contributed by atoms with Crippen LogP contribution in [0.1, 0.15) is 43.5 Å². The summed E-state index contributed by atoms with van der Waals surface area (Å²) in [4.78, 5) is 4.22. The van der Waals surface area contributed by atoms with Gasteiger partial charge in [-0.15, -0.1) is 0 Å². The van der Waals surface area contributed by atoms with Gasteiger partial charge in [0.25, 0.3) is 0 Å². The Morgan fingerprint density at radius 2 is 1.68 bits per heavy atom. The van der Waals surface area contributed by atoms with Crippen molar-refractivity contribution in [3.05, 3.63) is 53.0 Å². The maximum atomic E-state index is 15.1. The van der Waals surface area contributed by atoms with E-state index in [0.29, 0.717) is 0 Å². The Balaban J connectivity index is 2.19. The number of halogens is 4. The molecule has 0 unspecified atom stereocenters. The third kappa shape index (κ3) is 3.76. The summed E-state index contributed by atoms with van der Waals surface area (Å²) in [5.41, 5.74) is 1.66. The SMILES string of the molecule is CC(C)(O)c1cc([C@@](O)(CN)C2CC2)nc(-c2ccc(C(F)(F)F)cc2)c1F. The number of rotatable bonds is 5. The smallest absolute Gasteiger partial charge is 0.386 e. The van der Waals surface area contributed by atoms with Crippen molar-refractivity contribution in [3.8, 4) is 11.3 Å². The molecule has 1 atom stereocenters. The lowest BCUT2D eigenvalue weighted by molar-refractivity contribution is -0.137. The number of aromatic nitrogens is 1. The second-order valence-electron chi connectivity index (χ2n) is 7.75. The number of nitrogens with two attached hydrogens (primary N) is 1. The van der Waals surface area contributed by atoms with Crippen molar-refractivity contribution in [2.75, 3.05) is 6.54 Å². The molecule has 4 nitrogen and oxygen atoms in total. The lowest BCUT2D eigenvalue weighted by Crippen LogP contribution is -2.38. The van der Waals surface area contributed by atoms with Crippen molar-refractivity contribution in [1.82, 2.24) is 4.98 Å². The Kier molecular flexibility index (Phi) is 5.02. The molecular formula is C20H22F4N2O2. The minimum absolute atomic E-state index is 0.103. The normalized spacial score (nSPS) is 17.5. The lowest BCUT2D eigenvalue weighted by Gasteiger charge is -2.29. The third-order valence-electron chi connectivity index (χ3n) is 5.11. The Morgan fingerprint density at radius 1 is 1.11 bits per heavy atom. The first-order valence-electron chi connectivity index (χ1n) is 8.92. The molecule has 0 spiro atoms. The van der Waals surface area contributed by atoms with Crippen molar-refractivity contribution >= 4 is 0 Å². The summed E-state index contributed by atoms with van der Waals surface area (Å²) in [6, 6.07) is 5.19. The van der Waals surface area contributed by atoms with Gasteiger partial charge in [0.05, 0.1) is 16.9 Å². The van der Waals surface area contributed by atoms with E-state index >= 15 is 4.39 Å². The van der Waals surface area contributed by atoms with Gasteiger partial charge in [0.2, 0.25) is 0 Å². The molecule has 1 fully saturated rings. The molecule has 0 bridgehead atoms. The zero-order chi connectivity index (χ0) is 20.9. The van der Waals surface area contributed by atoms with Crippen LogP contribution in [0, 0.1) is 11.7 Å². The molecule has 8 heteroatoms. The zero-order valence-electron chi connectivity index (χ0n) is 15.5. The van der Waals surface area contributed by atoms with Gasteiger partial charge in [0.15, 0.2) is 5.82 Å². The predicted octanol–water partition coefficient (Wildman–Crippen LogP) is 3.69. The zero-order valence-corrected chi connectivity index (χ0v) is 15.5. The second-order valence-corrected chi connectivity index (χ2v) is 7.75. The summed E-state index contributed by atoms with van der Waals surface area (Å²) in [6.07, 6.45) is -3.04. The quantitative estimate of drug-likeness (QED) is 0.671. The van der Waals surface area contributed by atoms with Crippen molar-refractivity contribution in [2.45, 2.75) is 44.1 Å². The highest BCUT2D eigenvalue weighted by Gasteiger charge is 2.46. The van der Waals surface area contributed by atoms with Gasteiger partial charge >= 0.3 is 6.18 Å². The Hall–Kier alpha value is -2.03. The van der Waals surface area contributed by atoms with Crippen LogP contribution in [0.15, 0.2) is 30.3 Å². The molecule has 0 saturated heterocycles. The fourth-order valence-corrected chi connectivity index (χ4v) is 3.25. The maximum absolute atomic E-state index is 15.1. The van der Waals surface area contributed by atoms with E-state index in [1.807, 2.05) is 0 Å². The first-order chi connectivity index (χ1) is 12.9. The first-order valence-corrected chi connectivity index (χ1v) is 8.92. The van der Waals surface area contributed by atoms with Gasteiger partial charge in [-0.2, -0.15) is 13.2 Å². The number of benzene rings is 1. The van der Waals surface area contributed by atoms with E-state index in [9.17, 15) is 23.4 Å². The molecule has 1 aliphatic rings. The second kappa shape index (κ2) is 6.79. The van der Waals surface area contributed by atoms with Crippen LogP contribution in [0.25, 0.3) is 11.3 Å². The van der Waals surface area contributed by atoms with Crippen LogP contribution in [0.4, 0.5) is 17.6 Å². The van der Waals surface area contributed by atoms with Crippen LogP contribution in [0.5, 0.6) is 0 Å². The highest BCUT2D eigenvalue weighted by molar-refractivity contribution is 5.62. The lowest BCUT2D eigenvalue weighted by atomic mass is 9.88. The van der Waals surface area contributed by atoms with Crippen LogP contribution in [-0.4, -0.2) is 21.7 Å². The highest BCUT2D eigenvalue weighted by atomic mass is 19.4. The van der Waals surface area contributed by atoms with E-state index in [-0.39, 0.29) is 35.0 Å². The number of aliphatic hydroxyl groups is 2. The summed E-state index contributed by atoms with van der Waals surface area (Å²) < 4.78 is 53.6. The number of pyridine rings is 1. The molecule has 2 aromatic rings. The maximum Gasteiger partial charge on any atom is 0.416 e. The molecule has 1 saturated carbocycles. The molecule has 0 radical (unpaired) electrons. The molecule has 0 aliphatic heterocycles. The minimum atomic E-state index is -4.52. The molecule has 0 amide bonds. The summed E-state index contributed by atoms with van der Waals surface area (Å²) in [6.45, 7) is 2.61. The molecule has 1 aliphatic carbocycles. The van der Waals surface area contributed by atoms with E-state index in [2.05, 4.69) is 4.98 Å². The fourth-order valence-electron chi connectivity index (χ4n) is 3.25. The van der Waals surface area contributed by atoms with Crippen molar-refractivity contribution in [3.63, 3.8) is 0 Å². The first kappa shape index (κ1) is 20.7. The van der Waals surface area contributed by atoms with E-state index in [1.165, 1.54) is 19.9 Å². The average Bonchev–Trinajstić information content (AvgIpc) is 3.45. The number of hydrogen-bond donors (Lipinski definition) is 3. The average molecular weight is 398 g/mol. The third-order valence-corrected chi connectivity index (χ3v) is 5.11. The van der Waals surface area contributed by atoms with Crippen molar-refractivity contribution in [2.24, 2.45) is 11.7 Å². The molecule has 1 heterocycles. The van der Waals surface area contributed by atoms with E-state index in [1.54, 1.807) is 0 Å². The molecule has 28 heavy (non-hydrogen) atoms. The van der Waals surface area contributed by atoms with Crippen LogP contribution >= 0.6 is 0 Å². The summed E-state index contributed by atoms with van der Waals surface area (Å²) in [7, 11) is 0. The van der Waals surface area contributed by atoms with Gasteiger partial charge < -0.3 is 15.9 Å². The molecule has 3 rings (SSSR count). The molecular weight excluding hydrogens is 376 g/mol. The summed E-state index contributed by atoms with van der Waals surface area (Å²) in [5.74, 6) is -0.989. The fraction of sp³-hybridized carbons (Fsp3) is 0.450. The number of hydrogen-bond acceptors (Lipinski definition) is 4. The predicted molar refractivity (Wildman–Crippen MR) is 95.6 cm³/mol. The molecule has 152 valence electrons. The van der Waals surface area contributed by atoms with Crippen molar-refractivity contribution < 1.29 is 27.8 Å². The number of alkyl halides is 3. The Morgan fingerprint density at radius 3 is 2.11 bits per heavy atom. The highest BCUT2D eigenvalue weighted by Crippen LogP contribution is 2.46.